The van der Waals surface area contributed by atoms with Gasteiger partial charge < -0.3 is 13.7 Å². The summed E-state index contributed by atoms with van der Waals surface area (Å²) >= 11 is 0. The van der Waals surface area contributed by atoms with Gasteiger partial charge in [0.25, 0.3) is 0 Å². The van der Waals surface area contributed by atoms with Crippen LogP contribution in [0.1, 0.15) is 33.4 Å². The van der Waals surface area contributed by atoms with E-state index in [9.17, 15) is 0 Å². The van der Waals surface area contributed by atoms with E-state index in [-0.39, 0.29) is 0 Å². The van der Waals surface area contributed by atoms with E-state index in [4.69, 9.17) is 0 Å². The molecule has 6 aromatic carbocycles. The molecule has 3 aromatic heterocycles. The van der Waals surface area contributed by atoms with Gasteiger partial charge in [0.05, 0.1) is 5.92 Å². The smallest absolute Gasteiger partial charge is 0.0694 e. The van der Waals surface area contributed by atoms with E-state index in [1.165, 1.54) is 72.0 Å². The minimum absolute atomic E-state index is 0.806. The predicted molar refractivity (Wildman–Crippen MR) is 203 cm³/mol. The van der Waals surface area contributed by atoms with E-state index < -0.39 is 0 Å². The highest BCUT2D eigenvalue weighted by atomic mass is 15.0. The van der Waals surface area contributed by atoms with Gasteiger partial charge in [0.15, 0.2) is 0 Å². The van der Waals surface area contributed by atoms with Crippen molar-refractivity contribution >= 4 is 32.7 Å². The Labute approximate surface area is 286 Å². The summed E-state index contributed by atoms with van der Waals surface area (Å²) in [5.74, 6) is 1.26. The molecule has 49 heavy (non-hydrogen) atoms. The second-order valence-corrected chi connectivity index (χ2v) is 12.9. The lowest BCUT2D eigenvalue weighted by Gasteiger charge is -2.16. The first-order valence-corrected chi connectivity index (χ1v) is 17.0. The number of benzene rings is 6. The number of fused-ring (bicyclic) bond motifs is 3. The number of hydrogen-bond donors (Lipinski definition) is 0. The molecule has 0 fully saturated rings. The molecule has 0 aliphatic rings. The van der Waals surface area contributed by atoms with Gasteiger partial charge in [-0.25, -0.2) is 0 Å². The molecule has 0 saturated carbocycles. The molecule has 3 heterocycles. The summed E-state index contributed by atoms with van der Waals surface area (Å²) in [6.07, 6.45) is 7.17. The van der Waals surface area contributed by atoms with Crippen LogP contribution in [0.3, 0.4) is 0 Å². The molecule has 3 nitrogen and oxygen atoms in total. The van der Waals surface area contributed by atoms with Crippen LogP contribution < -0.4 is 0 Å². The summed E-state index contributed by atoms with van der Waals surface area (Å²) in [6.45, 7) is 2.42. The lowest BCUT2D eigenvalue weighted by atomic mass is 9.84. The van der Waals surface area contributed by atoms with Crippen LogP contribution in [-0.4, -0.2) is 13.7 Å². The molecule has 0 atom stereocenters. The lowest BCUT2D eigenvalue weighted by Crippen LogP contribution is -2.05. The van der Waals surface area contributed by atoms with Gasteiger partial charge in [-0.05, 0) is 51.6 Å². The fraction of sp³-hybridized carbons (Fsp3) is 0.0652. The third-order valence-corrected chi connectivity index (χ3v) is 9.76. The first-order valence-electron chi connectivity index (χ1n) is 17.0. The molecule has 235 valence electrons. The second kappa shape index (κ2) is 12.5. The van der Waals surface area contributed by atoms with Gasteiger partial charge >= 0.3 is 0 Å². The van der Waals surface area contributed by atoms with Crippen molar-refractivity contribution in [1.29, 1.82) is 0 Å². The molecule has 0 aliphatic heterocycles. The van der Waals surface area contributed by atoms with Gasteiger partial charge in [-0.2, -0.15) is 0 Å². The average Bonchev–Trinajstić information content (AvgIpc) is 3.82. The zero-order chi connectivity index (χ0) is 32.6. The summed E-state index contributed by atoms with van der Waals surface area (Å²) < 4.78 is 7.27. The Morgan fingerprint density at radius 2 is 0.571 bits per heavy atom. The summed E-state index contributed by atoms with van der Waals surface area (Å²) in [4.78, 5) is 0. The fourth-order valence-electron chi connectivity index (χ4n) is 7.51. The third kappa shape index (κ3) is 5.44. The summed E-state index contributed by atoms with van der Waals surface area (Å²) in [7, 11) is 0. The number of nitrogens with zero attached hydrogens (tertiary/aromatic N) is 3. The number of para-hydroxylation sites is 3. The monoisotopic (exact) mass is 630 g/mol. The quantitative estimate of drug-likeness (QED) is 0.151. The van der Waals surface area contributed by atoms with Crippen molar-refractivity contribution in [3.05, 3.63) is 222 Å². The van der Waals surface area contributed by atoms with Crippen molar-refractivity contribution in [3.63, 3.8) is 0 Å². The zero-order valence-electron chi connectivity index (χ0n) is 27.3. The van der Waals surface area contributed by atoms with E-state index in [2.05, 4.69) is 196 Å². The maximum absolute atomic E-state index is 2.42. The third-order valence-electron chi connectivity index (χ3n) is 9.76. The van der Waals surface area contributed by atoms with Crippen LogP contribution in [0.5, 0.6) is 0 Å². The Morgan fingerprint density at radius 3 is 0.878 bits per heavy atom. The minimum Gasteiger partial charge on any atom is -0.343 e. The molecule has 0 N–H and O–H groups in total. The van der Waals surface area contributed by atoms with E-state index in [0.29, 0.717) is 0 Å². The fourth-order valence-corrected chi connectivity index (χ4v) is 7.51. The Balaban J connectivity index is 1.30. The maximum Gasteiger partial charge on any atom is 0.0694 e. The van der Waals surface area contributed by atoms with Crippen LogP contribution in [0.4, 0.5) is 0 Å². The summed E-state index contributed by atoms with van der Waals surface area (Å²) in [5.41, 5.74) is 11.3. The van der Waals surface area contributed by atoms with Crippen molar-refractivity contribution < 1.29 is 0 Å². The highest BCUT2D eigenvalue weighted by Gasteiger charge is 2.29. The Kier molecular flexibility index (Phi) is 7.44. The standard InChI is InChI=1S/C46H36N3/c1-4-16-34(17-5-1)28-47-31-40(37-22-10-13-25-43(37)47)46(41-32-48(29-35-18-6-2-7-19-35)44-26-14-11-23-38(41)44)42-33-49(30-36-20-8-3-9-21-36)45-27-15-12-24-39(42)45/h1-27,31-33H,28-30H2. The SMILES string of the molecule is c1ccc(Cn2cc([C](c3cn(Cc4ccccc4)c4ccccc34)c3cn(Cc4ccccc4)c4ccccc34)c3ccccc32)cc1. The van der Waals surface area contributed by atoms with Gasteiger partial charge in [-0.15, -0.1) is 0 Å². The topological polar surface area (TPSA) is 14.8 Å². The van der Waals surface area contributed by atoms with Crippen LogP contribution in [0.2, 0.25) is 0 Å². The molecule has 0 spiro atoms. The molecule has 0 unspecified atom stereocenters. The van der Waals surface area contributed by atoms with E-state index in [0.717, 1.165) is 19.6 Å². The van der Waals surface area contributed by atoms with Gasteiger partial charge in [0.2, 0.25) is 0 Å². The Bertz CT molecular complexity index is 2230. The number of hydrogen-bond acceptors (Lipinski definition) is 0. The molecule has 9 aromatic rings. The highest BCUT2D eigenvalue weighted by molar-refractivity contribution is 5.97. The van der Waals surface area contributed by atoms with Gasteiger partial charge in [0, 0.05) is 70.9 Å². The first kappa shape index (κ1) is 29.1. The maximum atomic E-state index is 2.42. The van der Waals surface area contributed by atoms with Gasteiger partial charge in [-0.1, -0.05) is 146 Å². The Hall–Kier alpha value is -6.06. The molecule has 0 amide bonds. The van der Waals surface area contributed by atoms with Crippen molar-refractivity contribution in [2.24, 2.45) is 0 Å². The van der Waals surface area contributed by atoms with Crippen LogP contribution in [0.25, 0.3) is 32.7 Å². The number of rotatable bonds is 9. The summed E-state index contributed by atoms with van der Waals surface area (Å²) in [5, 5.41) is 3.77. The van der Waals surface area contributed by atoms with Gasteiger partial charge in [0.1, 0.15) is 0 Å². The molecule has 0 saturated heterocycles. The molecular formula is C46H36N3. The van der Waals surface area contributed by atoms with E-state index in [1.54, 1.807) is 0 Å². The van der Waals surface area contributed by atoms with Crippen LogP contribution >= 0.6 is 0 Å². The number of aromatic nitrogens is 3. The molecule has 3 heteroatoms. The molecule has 9 rings (SSSR count). The molecule has 1 radical (unpaired) electrons. The van der Waals surface area contributed by atoms with Crippen molar-refractivity contribution in [2.75, 3.05) is 0 Å². The summed E-state index contributed by atoms with van der Waals surface area (Å²) in [6, 6.07) is 59.0. The van der Waals surface area contributed by atoms with E-state index >= 15 is 0 Å². The van der Waals surface area contributed by atoms with Crippen LogP contribution in [-0.2, 0) is 19.6 Å². The normalized spacial score (nSPS) is 11.7. The largest absolute Gasteiger partial charge is 0.343 e. The molecule has 0 aliphatic carbocycles. The lowest BCUT2D eigenvalue weighted by molar-refractivity contribution is 0.826. The highest BCUT2D eigenvalue weighted by Crippen LogP contribution is 2.43. The zero-order valence-corrected chi connectivity index (χ0v) is 27.3. The Morgan fingerprint density at radius 1 is 0.306 bits per heavy atom. The van der Waals surface area contributed by atoms with Crippen molar-refractivity contribution in [2.45, 2.75) is 19.6 Å². The molecule has 0 bridgehead atoms. The van der Waals surface area contributed by atoms with E-state index in [1.807, 2.05) is 0 Å². The van der Waals surface area contributed by atoms with Crippen molar-refractivity contribution in [3.8, 4) is 0 Å². The first-order chi connectivity index (χ1) is 24.3. The van der Waals surface area contributed by atoms with Crippen molar-refractivity contribution in [1.82, 2.24) is 13.7 Å². The predicted octanol–water partition coefficient (Wildman–Crippen LogP) is 10.7. The molecular weight excluding hydrogens is 595 g/mol. The second-order valence-electron chi connectivity index (χ2n) is 12.9. The van der Waals surface area contributed by atoms with Gasteiger partial charge in [-0.3, -0.25) is 0 Å². The van der Waals surface area contributed by atoms with Crippen LogP contribution in [0.15, 0.2) is 182 Å². The average molecular weight is 631 g/mol. The van der Waals surface area contributed by atoms with Crippen LogP contribution in [0, 0.1) is 5.92 Å². The minimum atomic E-state index is 0.806.